The van der Waals surface area contributed by atoms with Gasteiger partial charge in [-0.15, -0.1) is 0 Å². The third-order valence-corrected chi connectivity index (χ3v) is 3.08. The van der Waals surface area contributed by atoms with Crippen LogP contribution in [-0.2, 0) is 0 Å². The van der Waals surface area contributed by atoms with Gasteiger partial charge >= 0.3 is 0 Å². The monoisotopic (exact) mass is 243 g/mol. The van der Waals surface area contributed by atoms with Crippen molar-refractivity contribution < 1.29 is 4.42 Å². The molecule has 0 amide bonds. The highest BCUT2D eigenvalue weighted by atomic mass is 79.9. The highest BCUT2D eigenvalue weighted by Gasteiger charge is 2.17. The fourth-order valence-corrected chi connectivity index (χ4v) is 2.00. The molecule has 0 unspecified atom stereocenters. The SMILES string of the molecule is CC1CCN(c2ccc(Br)o2)CC1. The molecule has 0 spiro atoms. The van der Waals surface area contributed by atoms with Gasteiger partial charge in [0.1, 0.15) is 0 Å². The Morgan fingerprint density at radius 1 is 1.38 bits per heavy atom. The van der Waals surface area contributed by atoms with Crippen LogP contribution in [0.4, 0.5) is 5.88 Å². The zero-order chi connectivity index (χ0) is 9.26. The summed E-state index contributed by atoms with van der Waals surface area (Å²) >= 11 is 3.32. The Morgan fingerprint density at radius 3 is 2.62 bits per heavy atom. The van der Waals surface area contributed by atoms with Crippen LogP contribution in [0.5, 0.6) is 0 Å². The van der Waals surface area contributed by atoms with Gasteiger partial charge in [0.2, 0.25) is 0 Å². The number of hydrogen-bond donors (Lipinski definition) is 0. The van der Waals surface area contributed by atoms with Crippen LogP contribution < -0.4 is 4.90 Å². The zero-order valence-corrected chi connectivity index (χ0v) is 9.38. The molecule has 1 aliphatic rings. The molecule has 0 N–H and O–H groups in total. The van der Waals surface area contributed by atoms with Gasteiger partial charge in [-0.25, -0.2) is 0 Å². The predicted octanol–water partition coefficient (Wildman–Crippen LogP) is 3.28. The van der Waals surface area contributed by atoms with Crippen molar-refractivity contribution in [3.05, 3.63) is 16.8 Å². The number of furan rings is 1. The lowest BCUT2D eigenvalue weighted by Crippen LogP contribution is -2.32. The molecule has 1 aromatic rings. The lowest BCUT2D eigenvalue weighted by atomic mass is 9.99. The van der Waals surface area contributed by atoms with Crippen molar-refractivity contribution >= 4 is 21.8 Å². The summed E-state index contributed by atoms with van der Waals surface area (Å²) in [6.45, 7) is 4.57. The summed E-state index contributed by atoms with van der Waals surface area (Å²) in [5, 5.41) is 0. The van der Waals surface area contributed by atoms with Gasteiger partial charge in [0.05, 0.1) is 0 Å². The minimum absolute atomic E-state index is 0.820. The Labute approximate surface area is 87.0 Å². The molecular formula is C10H14BrNO. The second-order valence-electron chi connectivity index (χ2n) is 3.75. The quantitative estimate of drug-likeness (QED) is 0.753. The summed E-state index contributed by atoms with van der Waals surface area (Å²) in [5.74, 6) is 1.87. The molecule has 72 valence electrons. The van der Waals surface area contributed by atoms with Crippen LogP contribution in [0.15, 0.2) is 21.2 Å². The van der Waals surface area contributed by atoms with Crippen LogP contribution >= 0.6 is 15.9 Å². The van der Waals surface area contributed by atoms with E-state index in [0.717, 1.165) is 29.6 Å². The average Bonchev–Trinajstić information content (AvgIpc) is 2.53. The minimum Gasteiger partial charge on any atom is -0.434 e. The van der Waals surface area contributed by atoms with Crippen LogP contribution in [0.1, 0.15) is 19.8 Å². The highest BCUT2D eigenvalue weighted by molar-refractivity contribution is 9.10. The molecule has 1 aliphatic heterocycles. The maximum atomic E-state index is 5.50. The number of halogens is 1. The van der Waals surface area contributed by atoms with Crippen LogP contribution in [0.3, 0.4) is 0 Å². The van der Waals surface area contributed by atoms with Gasteiger partial charge in [0, 0.05) is 19.2 Å². The molecule has 0 bridgehead atoms. The molecule has 2 rings (SSSR count). The van der Waals surface area contributed by atoms with Crippen molar-refractivity contribution in [1.29, 1.82) is 0 Å². The lowest BCUT2D eigenvalue weighted by molar-refractivity contribution is 0.413. The predicted molar refractivity (Wildman–Crippen MR) is 57.0 cm³/mol. The first kappa shape index (κ1) is 9.13. The van der Waals surface area contributed by atoms with Gasteiger partial charge in [0.15, 0.2) is 10.6 Å². The van der Waals surface area contributed by atoms with Crippen molar-refractivity contribution in [3.63, 3.8) is 0 Å². The third kappa shape index (κ3) is 2.08. The molecular weight excluding hydrogens is 230 g/mol. The molecule has 0 aliphatic carbocycles. The maximum absolute atomic E-state index is 5.50. The molecule has 0 radical (unpaired) electrons. The van der Waals surface area contributed by atoms with E-state index >= 15 is 0 Å². The molecule has 1 aromatic heterocycles. The Hall–Kier alpha value is -0.440. The number of rotatable bonds is 1. The Bertz CT molecular complexity index is 276. The number of hydrogen-bond acceptors (Lipinski definition) is 2. The highest BCUT2D eigenvalue weighted by Crippen LogP contribution is 2.26. The van der Waals surface area contributed by atoms with Crippen molar-refractivity contribution in [1.82, 2.24) is 0 Å². The van der Waals surface area contributed by atoms with E-state index in [0.29, 0.717) is 0 Å². The number of piperidine rings is 1. The molecule has 2 nitrogen and oxygen atoms in total. The molecule has 1 fully saturated rings. The molecule has 0 atom stereocenters. The normalized spacial score (nSPS) is 19.4. The van der Waals surface area contributed by atoms with E-state index in [1.165, 1.54) is 12.8 Å². The van der Waals surface area contributed by atoms with E-state index in [2.05, 4.69) is 27.8 Å². The molecule has 0 aromatic carbocycles. The van der Waals surface area contributed by atoms with Crippen molar-refractivity contribution in [3.8, 4) is 0 Å². The van der Waals surface area contributed by atoms with Gasteiger partial charge in [-0.05, 0) is 40.8 Å². The first-order valence-corrected chi connectivity index (χ1v) is 5.55. The molecule has 0 saturated carbocycles. The summed E-state index contributed by atoms with van der Waals surface area (Å²) < 4.78 is 6.32. The second-order valence-corrected chi connectivity index (χ2v) is 4.53. The largest absolute Gasteiger partial charge is 0.434 e. The van der Waals surface area contributed by atoms with Crippen LogP contribution in [0, 0.1) is 5.92 Å². The Morgan fingerprint density at radius 2 is 2.08 bits per heavy atom. The molecule has 3 heteroatoms. The Kier molecular flexibility index (Phi) is 2.63. The van der Waals surface area contributed by atoms with Gasteiger partial charge in [-0.2, -0.15) is 0 Å². The summed E-state index contributed by atoms with van der Waals surface area (Å²) in [6, 6.07) is 3.98. The van der Waals surface area contributed by atoms with Crippen LogP contribution in [0.2, 0.25) is 0 Å². The fraction of sp³-hybridized carbons (Fsp3) is 0.600. The zero-order valence-electron chi connectivity index (χ0n) is 7.79. The van der Waals surface area contributed by atoms with E-state index in [4.69, 9.17) is 4.42 Å². The average molecular weight is 244 g/mol. The van der Waals surface area contributed by atoms with Crippen LogP contribution in [0.25, 0.3) is 0 Å². The molecule has 1 saturated heterocycles. The van der Waals surface area contributed by atoms with E-state index in [1.54, 1.807) is 0 Å². The second kappa shape index (κ2) is 3.74. The van der Waals surface area contributed by atoms with E-state index < -0.39 is 0 Å². The number of nitrogens with zero attached hydrogens (tertiary/aromatic N) is 1. The minimum atomic E-state index is 0.820. The van der Waals surface area contributed by atoms with E-state index in [1.807, 2.05) is 12.1 Å². The topological polar surface area (TPSA) is 16.4 Å². The maximum Gasteiger partial charge on any atom is 0.196 e. The van der Waals surface area contributed by atoms with Crippen LogP contribution in [-0.4, -0.2) is 13.1 Å². The summed E-state index contributed by atoms with van der Waals surface area (Å²) in [6.07, 6.45) is 2.55. The fourth-order valence-electron chi connectivity index (χ4n) is 1.70. The van der Waals surface area contributed by atoms with E-state index in [9.17, 15) is 0 Å². The molecule has 13 heavy (non-hydrogen) atoms. The van der Waals surface area contributed by atoms with Crippen molar-refractivity contribution in [2.45, 2.75) is 19.8 Å². The first-order valence-electron chi connectivity index (χ1n) is 4.76. The Balaban J connectivity index is 2.02. The smallest absolute Gasteiger partial charge is 0.196 e. The third-order valence-electron chi connectivity index (χ3n) is 2.65. The summed E-state index contributed by atoms with van der Waals surface area (Å²) in [7, 11) is 0. The van der Waals surface area contributed by atoms with Crippen molar-refractivity contribution in [2.75, 3.05) is 18.0 Å². The van der Waals surface area contributed by atoms with Gasteiger partial charge in [-0.1, -0.05) is 6.92 Å². The van der Waals surface area contributed by atoms with Gasteiger partial charge < -0.3 is 9.32 Å². The first-order chi connectivity index (χ1) is 6.25. The number of anilines is 1. The lowest BCUT2D eigenvalue weighted by Gasteiger charge is -2.29. The van der Waals surface area contributed by atoms with Gasteiger partial charge in [-0.3, -0.25) is 0 Å². The van der Waals surface area contributed by atoms with Crippen molar-refractivity contribution in [2.24, 2.45) is 5.92 Å². The molecule has 2 heterocycles. The summed E-state index contributed by atoms with van der Waals surface area (Å²) in [5.41, 5.74) is 0. The summed E-state index contributed by atoms with van der Waals surface area (Å²) in [4.78, 5) is 2.31. The standard InChI is InChI=1S/C10H14BrNO/c1-8-4-6-12(7-5-8)10-3-2-9(11)13-10/h2-3,8H,4-7H2,1H3. The van der Waals surface area contributed by atoms with E-state index in [-0.39, 0.29) is 0 Å². The van der Waals surface area contributed by atoms with Gasteiger partial charge in [0.25, 0.3) is 0 Å².